The minimum Gasteiger partial charge on any atom is -0.496 e. The SMILES string of the molecule is COc1cc(NSc2cccc3cccnc23)ccc1C=O.COc1ccccc1OC1CN(C)C1. The minimum atomic E-state index is 0.316. The number of hydrogen-bond donors (Lipinski definition) is 1. The first-order valence-corrected chi connectivity index (χ1v) is 12.3. The number of carbonyl (C=O) groups is 1. The molecule has 1 aliphatic heterocycles. The molecule has 1 fully saturated rings. The molecule has 1 aliphatic rings. The zero-order chi connectivity index (χ0) is 25.3. The molecule has 36 heavy (non-hydrogen) atoms. The molecule has 0 spiro atoms. The van der Waals surface area contributed by atoms with Gasteiger partial charge in [-0.25, -0.2) is 0 Å². The van der Waals surface area contributed by atoms with Crippen LogP contribution in [0.3, 0.4) is 0 Å². The second-order valence-electron chi connectivity index (χ2n) is 8.22. The lowest BCUT2D eigenvalue weighted by Crippen LogP contribution is -2.51. The van der Waals surface area contributed by atoms with Crippen molar-refractivity contribution in [1.82, 2.24) is 9.88 Å². The smallest absolute Gasteiger partial charge is 0.161 e. The molecule has 7 nitrogen and oxygen atoms in total. The lowest BCUT2D eigenvalue weighted by atomic mass is 10.2. The van der Waals surface area contributed by atoms with Crippen LogP contribution in [0.1, 0.15) is 10.4 Å². The fraction of sp³-hybridized carbons (Fsp3) is 0.214. The van der Waals surface area contributed by atoms with Gasteiger partial charge in [-0.3, -0.25) is 14.7 Å². The molecule has 1 N–H and O–H groups in total. The highest BCUT2D eigenvalue weighted by atomic mass is 32.2. The van der Waals surface area contributed by atoms with Crippen molar-refractivity contribution in [3.63, 3.8) is 0 Å². The largest absolute Gasteiger partial charge is 0.496 e. The van der Waals surface area contributed by atoms with Gasteiger partial charge in [-0.15, -0.1) is 0 Å². The van der Waals surface area contributed by atoms with Gasteiger partial charge in [0.05, 0.1) is 30.2 Å². The summed E-state index contributed by atoms with van der Waals surface area (Å²) >= 11 is 1.48. The number of likely N-dealkylation sites (N-methyl/N-ethyl adjacent to an activating group) is 1. The van der Waals surface area contributed by atoms with E-state index in [1.54, 1.807) is 32.5 Å². The molecule has 8 heteroatoms. The van der Waals surface area contributed by atoms with Crippen molar-refractivity contribution in [1.29, 1.82) is 0 Å². The van der Waals surface area contributed by atoms with Crippen LogP contribution in [0.25, 0.3) is 10.9 Å². The van der Waals surface area contributed by atoms with E-state index in [0.29, 0.717) is 17.4 Å². The van der Waals surface area contributed by atoms with Crippen LogP contribution in [0.4, 0.5) is 5.69 Å². The molecule has 1 aromatic heterocycles. The Morgan fingerprint density at radius 3 is 2.42 bits per heavy atom. The Balaban J connectivity index is 0.000000187. The summed E-state index contributed by atoms with van der Waals surface area (Å²) in [5.74, 6) is 2.20. The van der Waals surface area contributed by atoms with Crippen LogP contribution in [-0.4, -0.2) is 56.6 Å². The van der Waals surface area contributed by atoms with Crippen LogP contribution in [-0.2, 0) is 0 Å². The van der Waals surface area contributed by atoms with Crippen molar-refractivity contribution >= 4 is 34.8 Å². The average Bonchev–Trinajstić information content (AvgIpc) is 2.91. The summed E-state index contributed by atoms with van der Waals surface area (Å²) in [7, 11) is 5.30. The van der Waals surface area contributed by atoms with E-state index >= 15 is 0 Å². The fourth-order valence-corrected chi connectivity index (χ4v) is 4.53. The van der Waals surface area contributed by atoms with E-state index in [2.05, 4.69) is 21.7 Å². The van der Waals surface area contributed by atoms with Crippen LogP contribution in [0.5, 0.6) is 17.2 Å². The molecule has 3 aromatic carbocycles. The first kappa shape index (κ1) is 25.3. The maximum Gasteiger partial charge on any atom is 0.161 e. The zero-order valence-corrected chi connectivity index (χ0v) is 21.3. The van der Waals surface area contributed by atoms with Crippen molar-refractivity contribution in [2.45, 2.75) is 11.0 Å². The first-order chi connectivity index (χ1) is 17.6. The van der Waals surface area contributed by atoms with Crippen molar-refractivity contribution < 1.29 is 19.0 Å². The molecule has 0 radical (unpaired) electrons. The van der Waals surface area contributed by atoms with Crippen LogP contribution in [0.15, 0.2) is 83.9 Å². The van der Waals surface area contributed by atoms with E-state index in [1.165, 1.54) is 11.9 Å². The molecular formula is C28H29N3O4S. The number of benzene rings is 3. The van der Waals surface area contributed by atoms with Crippen molar-refractivity contribution in [3.8, 4) is 17.2 Å². The molecule has 0 aliphatic carbocycles. The second-order valence-corrected chi connectivity index (χ2v) is 9.07. The van der Waals surface area contributed by atoms with Crippen LogP contribution in [0.2, 0.25) is 0 Å². The van der Waals surface area contributed by atoms with Gasteiger partial charge in [-0.05, 0) is 55.4 Å². The number of likely N-dealkylation sites (tertiary alicyclic amines) is 1. The number of nitrogens with zero attached hydrogens (tertiary/aromatic N) is 2. The highest BCUT2D eigenvalue weighted by molar-refractivity contribution is 8.00. The summed E-state index contributed by atoms with van der Waals surface area (Å²) in [6, 6.07) is 23.2. The molecule has 5 rings (SSSR count). The van der Waals surface area contributed by atoms with Gasteiger partial charge < -0.3 is 18.9 Å². The number of para-hydroxylation sites is 3. The molecule has 186 valence electrons. The van der Waals surface area contributed by atoms with Crippen LogP contribution < -0.4 is 18.9 Å². The van der Waals surface area contributed by atoms with E-state index in [4.69, 9.17) is 14.2 Å². The Morgan fingerprint density at radius 2 is 1.69 bits per heavy atom. The maximum absolute atomic E-state index is 10.9. The third kappa shape index (κ3) is 6.27. The molecular weight excluding hydrogens is 474 g/mol. The van der Waals surface area contributed by atoms with Gasteiger partial charge in [-0.1, -0.05) is 30.3 Å². The van der Waals surface area contributed by atoms with E-state index in [-0.39, 0.29) is 0 Å². The Bertz CT molecular complexity index is 1310. The normalized spacial score (nSPS) is 13.2. The Hall–Kier alpha value is -3.75. The molecule has 0 amide bonds. The highest BCUT2D eigenvalue weighted by Gasteiger charge is 2.25. The number of carbonyl (C=O) groups excluding carboxylic acids is 1. The predicted molar refractivity (Wildman–Crippen MR) is 145 cm³/mol. The Kier molecular flexibility index (Phi) is 8.65. The summed E-state index contributed by atoms with van der Waals surface area (Å²) < 4.78 is 19.4. The molecule has 0 unspecified atom stereocenters. The molecule has 0 atom stereocenters. The van der Waals surface area contributed by atoms with Crippen molar-refractivity contribution in [2.24, 2.45) is 0 Å². The van der Waals surface area contributed by atoms with Gasteiger partial charge >= 0.3 is 0 Å². The number of ether oxygens (including phenoxy) is 3. The molecule has 4 aromatic rings. The summed E-state index contributed by atoms with van der Waals surface area (Å²) in [4.78, 5) is 18.6. The number of anilines is 1. The quantitative estimate of drug-likeness (QED) is 0.247. The third-order valence-electron chi connectivity index (χ3n) is 5.63. The van der Waals surface area contributed by atoms with E-state index < -0.39 is 0 Å². The van der Waals surface area contributed by atoms with Crippen molar-refractivity contribution in [2.75, 3.05) is 39.1 Å². The van der Waals surface area contributed by atoms with Gasteiger partial charge in [0.2, 0.25) is 0 Å². The topological polar surface area (TPSA) is 72.9 Å². The number of pyridine rings is 1. The second kappa shape index (κ2) is 12.3. The lowest BCUT2D eigenvalue weighted by Gasteiger charge is -2.36. The monoisotopic (exact) mass is 503 g/mol. The standard InChI is InChI=1S/C17H14N2O2S.C11H15NO2/c1-21-15-10-14(8-7-13(15)11-20)19-22-16-6-2-4-12-5-3-9-18-17(12)16;1-12-7-9(8-12)14-11-6-4-3-5-10(11)13-2/h2-11,19H,1H3;3-6,9H,7-8H2,1-2H3. The van der Waals surface area contributed by atoms with E-state index in [9.17, 15) is 4.79 Å². The zero-order valence-electron chi connectivity index (χ0n) is 20.5. The number of fused-ring (bicyclic) bond motifs is 1. The Morgan fingerprint density at radius 1 is 0.944 bits per heavy atom. The number of nitrogens with one attached hydrogen (secondary N) is 1. The van der Waals surface area contributed by atoms with E-state index in [0.717, 1.165) is 52.4 Å². The molecule has 2 heterocycles. The summed E-state index contributed by atoms with van der Waals surface area (Å²) in [6.45, 7) is 2.00. The van der Waals surface area contributed by atoms with Crippen LogP contribution in [0, 0.1) is 0 Å². The third-order valence-corrected chi connectivity index (χ3v) is 6.52. The first-order valence-electron chi connectivity index (χ1n) is 11.5. The highest BCUT2D eigenvalue weighted by Crippen LogP contribution is 2.30. The number of methoxy groups -OCH3 is 2. The van der Waals surface area contributed by atoms with E-state index in [1.807, 2.05) is 60.7 Å². The molecule has 1 saturated heterocycles. The van der Waals surface area contributed by atoms with Gasteiger partial charge in [-0.2, -0.15) is 0 Å². The van der Waals surface area contributed by atoms with Gasteiger partial charge in [0, 0.05) is 36.4 Å². The minimum absolute atomic E-state index is 0.316. The number of aromatic nitrogens is 1. The van der Waals surface area contributed by atoms with Gasteiger partial charge in [0.25, 0.3) is 0 Å². The van der Waals surface area contributed by atoms with Crippen LogP contribution >= 0.6 is 11.9 Å². The number of hydrogen-bond acceptors (Lipinski definition) is 8. The number of aldehydes is 1. The summed E-state index contributed by atoms with van der Waals surface area (Å²) in [5, 5.41) is 1.10. The molecule has 0 saturated carbocycles. The molecule has 0 bridgehead atoms. The van der Waals surface area contributed by atoms with Crippen molar-refractivity contribution in [3.05, 3.63) is 84.6 Å². The summed E-state index contributed by atoms with van der Waals surface area (Å²) in [6.07, 6.45) is 2.88. The maximum atomic E-state index is 10.9. The fourth-order valence-electron chi connectivity index (χ4n) is 3.76. The number of rotatable bonds is 8. The average molecular weight is 504 g/mol. The predicted octanol–water partition coefficient (Wildman–Crippen LogP) is 5.56. The van der Waals surface area contributed by atoms with Gasteiger partial charge in [0.15, 0.2) is 17.8 Å². The Labute approximate surface area is 215 Å². The van der Waals surface area contributed by atoms with Gasteiger partial charge in [0.1, 0.15) is 11.9 Å². The lowest BCUT2D eigenvalue weighted by molar-refractivity contribution is 0.0370. The summed E-state index contributed by atoms with van der Waals surface area (Å²) in [5.41, 5.74) is 2.35.